The molecule has 0 spiro atoms. The lowest BCUT2D eigenvalue weighted by molar-refractivity contribution is -0.119. The summed E-state index contributed by atoms with van der Waals surface area (Å²) in [6, 6.07) is 6.44. The largest absolute Gasteiger partial charge is 0.293 e. The van der Waals surface area contributed by atoms with Crippen molar-refractivity contribution in [3.05, 3.63) is 35.4 Å². The van der Waals surface area contributed by atoms with Gasteiger partial charge in [-0.1, -0.05) is 24.3 Å². The monoisotopic (exact) mass is 274 g/mol. The van der Waals surface area contributed by atoms with Gasteiger partial charge in [-0.2, -0.15) is 0 Å². The maximum Gasteiger partial charge on any atom is 0.230 e. The van der Waals surface area contributed by atoms with Crippen molar-refractivity contribution in [2.24, 2.45) is 11.8 Å². The fourth-order valence-corrected chi connectivity index (χ4v) is 3.30. The number of fused-ring (bicyclic) bond motifs is 1. The first-order chi connectivity index (χ1) is 9.59. The van der Waals surface area contributed by atoms with Gasteiger partial charge in [-0.25, -0.2) is 4.39 Å². The van der Waals surface area contributed by atoms with Crippen molar-refractivity contribution >= 4 is 17.3 Å². The minimum absolute atomic E-state index is 0.195. The van der Waals surface area contributed by atoms with E-state index in [0.29, 0.717) is 31.2 Å². The van der Waals surface area contributed by atoms with E-state index in [0.717, 1.165) is 0 Å². The highest BCUT2D eigenvalue weighted by atomic mass is 19.1. The zero-order valence-corrected chi connectivity index (χ0v) is 11.0. The minimum atomic E-state index is -0.898. The number of hydrogen-bond acceptors (Lipinski definition) is 3. The van der Waals surface area contributed by atoms with Gasteiger partial charge in [0, 0.05) is 11.1 Å². The van der Waals surface area contributed by atoms with E-state index in [9.17, 15) is 18.8 Å². The Labute approximate surface area is 116 Å². The molecule has 2 aliphatic rings. The van der Waals surface area contributed by atoms with Gasteiger partial charge >= 0.3 is 0 Å². The number of Topliss-reactive ketones (excluding diaryl/α,β-unsaturated/α-hetero) is 3. The fraction of sp³-hybridized carbons (Fsp3) is 0.438. The Morgan fingerprint density at radius 2 is 1.45 bits per heavy atom. The highest BCUT2D eigenvalue weighted by Gasteiger charge is 2.44. The molecule has 1 aromatic rings. The third-order valence-corrected chi connectivity index (χ3v) is 4.40. The van der Waals surface area contributed by atoms with Crippen LogP contribution >= 0.6 is 0 Å². The van der Waals surface area contributed by atoms with E-state index in [1.165, 1.54) is 6.07 Å². The Balaban J connectivity index is 1.95. The van der Waals surface area contributed by atoms with Gasteiger partial charge in [-0.3, -0.25) is 14.4 Å². The Kier molecular flexibility index (Phi) is 3.24. The summed E-state index contributed by atoms with van der Waals surface area (Å²) in [5.41, 5.74) is 0.544. The molecule has 1 aromatic carbocycles. The lowest BCUT2D eigenvalue weighted by Gasteiger charge is -2.31. The summed E-state index contributed by atoms with van der Waals surface area (Å²) in [5.74, 6) is -2.56. The van der Waals surface area contributed by atoms with Gasteiger partial charge in [0.2, 0.25) is 11.6 Å². The predicted octanol–water partition coefficient (Wildman–Crippen LogP) is 2.78. The molecule has 1 unspecified atom stereocenters. The van der Waals surface area contributed by atoms with Crippen LogP contribution in [0.3, 0.4) is 0 Å². The van der Waals surface area contributed by atoms with E-state index in [1.807, 2.05) is 0 Å². The van der Waals surface area contributed by atoms with Crippen LogP contribution in [0.25, 0.3) is 0 Å². The second kappa shape index (κ2) is 4.93. The van der Waals surface area contributed by atoms with Crippen molar-refractivity contribution < 1.29 is 18.8 Å². The maximum absolute atomic E-state index is 13.2. The number of carbonyl (C=O) groups is 3. The summed E-state index contributed by atoms with van der Waals surface area (Å²) in [7, 11) is 0. The van der Waals surface area contributed by atoms with Crippen molar-refractivity contribution in [2.75, 3.05) is 0 Å². The van der Waals surface area contributed by atoms with E-state index in [-0.39, 0.29) is 17.3 Å². The summed E-state index contributed by atoms with van der Waals surface area (Å²) in [4.78, 5) is 36.8. The van der Waals surface area contributed by atoms with E-state index in [4.69, 9.17) is 0 Å². The summed E-state index contributed by atoms with van der Waals surface area (Å²) in [6.45, 7) is 0. The van der Waals surface area contributed by atoms with Gasteiger partial charge < -0.3 is 0 Å². The van der Waals surface area contributed by atoms with Crippen LogP contribution in [0.4, 0.5) is 4.39 Å². The molecule has 0 aromatic heterocycles. The van der Waals surface area contributed by atoms with Gasteiger partial charge in [-0.05, 0) is 31.6 Å². The molecule has 0 saturated heterocycles. The Hall–Kier alpha value is -1.84. The van der Waals surface area contributed by atoms with Crippen LogP contribution in [0.1, 0.15) is 46.4 Å². The van der Waals surface area contributed by atoms with E-state index in [2.05, 4.69) is 0 Å². The van der Waals surface area contributed by atoms with Gasteiger partial charge in [-0.15, -0.1) is 0 Å². The average Bonchev–Trinajstić information content (AvgIpc) is 2.47. The lowest BCUT2D eigenvalue weighted by atomic mass is 9.70. The highest BCUT2D eigenvalue weighted by Crippen LogP contribution is 2.37. The van der Waals surface area contributed by atoms with Crippen LogP contribution in [0.15, 0.2) is 24.3 Å². The summed E-state index contributed by atoms with van der Waals surface area (Å²) < 4.78 is 13.2. The molecule has 104 valence electrons. The quantitative estimate of drug-likeness (QED) is 0.584. The van der Waals surface area contributed by atoms with Crippen molar-refractivity contribution in [3.8, 4) is 0 Å². The van der Waals surface area contributed by atoms with Gasteiger partial charge in [0.25, 0.3) is 0 Å². The summed E-state index contributed by atoms with van der Waals surface area (Å²) in [5, 5.41) is 0. The fourth-order valence-electron chi connectivity index (χ4n) is 3.30. The molecule has 1 fully saturated rings. The Morgan fingerprint density at radius 1 is 0.850 bits per heavy atom. The van der Waals surface area contributed by atoms with Crippen molar-refractivity contribution in [2.45, 2.75) is 31.9 Å². The molecule has 0 radical (unpaired) electrons. The maximum atomic E-state index is 13.2. The normalized spacial score (nSPS) is 30.2. The molecule has 1 saturated carbocycles. The van der Waals surface area contributed by atoms with Crippen molar-refractivity contribution in [3.63, 3.8) is 0 Å². The van der Waals surface area contributed by atoms with Crippen LogP contribution < -0.4 is 0 Å². The van der Waals surface area contributed by atoms with E-state index in [1.54, 1.807) is 18.2 Å². The number of carbonyl (C=O) groups excluding carboxylic acids is 3. The molecule has 0 heterocycles. The molecular formula is C16H15FO3. The van der Waals surface area contributed by atoms with Crippen LogP contribution in [-0.2, 0) is 4.79 Å². The zero-order valence-electron chi connectivity index (χ0n) is 11.0. The van der Waals surface area contributed by atoms with Crippen LogP contribution in [0.2, 0.25) is 0 Å². The molecule has 0 bridgehead atoms. The third kappa shape index (κ3) is 1.99. The first-order valence-electron chi connectivity index (χ1n) is 6.95. The van der Waals surface area contributed by atoms with E-state index >= 15 is 0 Å². The van der Waals surface area contributed by atoms with Crippen molar-refractivity contribution in [1.29, 1.82) is 0 Å². The summed E-state index contributed by atoms with van der Waals surface area (Å²) in [6.07, 6.45) is 0.898. The lowest BCUT2D eigenvalue weighted by Crippen LogP contribution is -2.42. The molecule has 20 heavy (non-hydrogen) atoms. The minimum Gasteiger partial charge on any atom is -0.293 e. The first-order valence-corrected chi connectivity index (χ1v) is 6.95. The Morgan fingerprint density at radius 3 is 2.10 bits per heavy atom. The third-order valence-electron chi connectivity index (χ3n) is 4.40. The number of alkyl halides is 1. The van der Waals surface area contributed by atoms with Gasteiger partial charge in [0.05, 0.1) is 5.92 Å². The number of hydrogen-bond donors (Lipinski definition) is 0. The second-order valence-electron chi connectivity index (χ2n) is 5.59. The Bertz CT molecular complexity index is 585. The topological polar surface area (TPSA) is 51.2 Å². The number of ketones is 3. The molecule has 0 N–H and O–H groups in total. The van der Waals surface area contributed by atoms with Crippen LogP contribution in [0, 0.1) is 11.8 Å². The van der Waals surface area contributed by atoms with Gasteiger partial charge in [0.1, 0.15) is 6.17 Å². The second-order valence-corrected chi connectivity index (χ2v) is 5.59. The molecule has 2 aliphatic carbocycles. The molecular weight excluding hydrogens is 259 g/mol. The van der Waals surface area contributed by atoms with E-state index < -0.39 is 23.7 Å². The molecule has 0 amide bonds. The SMILES string of the molecule is O=C1C(=O)C(C2CCC(F)CC2)C(=O)c2ccccc21. The van der Waals surface area contributed by atoms with Crippen molar-refractivity contribution in [1.82, 2.24) is 0 Å². The molecule has 3 rings (SSSR count). The molecule has 1 atom stereocenters. The number of halogens is 1. The number of benzene rings is 1. The smallest absolute Gasteiger partial charge is 0.230 e. The highest BCUT2D eigenvalue weighted by molar-refractivity contribution is 6.51. The number of rotatable bonds is 1. The van der Waals surface area contributed by atoms with Crippen LogP contribution in [-0.4, -0.2) is 23.5 Å². The predicted molar refractivity (Wildman–Crippen MR) is 70.5 cm³/mol. The summed E-state index contributed by atoms with van der Waals surface area (Å²) >= 11 is 0. The zero-order chi connectivity index (χ0) is 14.3. The van der Waals surface area contributed by atoms with Gasteiger partial charge in [0.15, 0.2) is 5.78 Å². The molecule has 3 nitrogen and oxygen atoms in total. The standard InChI is InChI=1S/C16H15FO3/c17-10-7-5-9(6-8-10)13-14(18)11-3-1-2-4-12(11)15(19)16(13)20/h1-4,9-10,13H,5-8H2. The first kappa shape index (κ1) is 13.2. The van der Waals surface area contributed by atoms with Crippen LogP contribution in [0.5, 0.6) is 0 Å². The molecule has 4 heteroatoms. The molecule has 0 aliphatic heterocycles. The average molecular weight is 274 g/mol.